The Kier molecular flexibility index (Phi) is 9.22. The zero-order valence-corrected chi connectivity index (χ0v) is 14.8. The monoisotopic (exact) mass is 355 g/mol. The topological polar surface area (TPSA) is 0 Å². The first-order chi connectivity index (χ1) is 8.43. The summed E-state index contributed by atoms with van der Waals surface area (Å²) in [5, 5.41) is 2.76. The summed E-state index contributed by atoms with van der Waals surface area (Å²) in [6.45, 7) is 0. The predicted molar refractivity (Wildman–Crippen MR) is 89.9 cm³/mol. The van der Waals surface area contributed by atoms with Gasteiger partial charge in [0.1, 0.15) is 0 Å². The van der Waals surface area contributed by atoms with Crippen LogP contribution in [-0.4, -0.2) is 0 Å². The Morgan fingerprint density at radius 2 is 1.25 bits per heavy atom. The summed E-state index contributed by atoms with van der Waals surface area (Å²) in [7, 11) is 1.30. The van der Waals surface area contributed by atoms with Gasteiger partial charge in [-0.05, 0) is 0 Å². The quantitative estimate of drug-likeness (QED) is 0.381. The molecule has 20 heavy (non-hydrogen) atoms. The third-order valence-electron chi connectivity index (χ3n) is 2.78. The van der Waals surface area contributed by atoms with Gasteiger partial charge in [0, 0.05) is 21.7 Å². The minimum atomic E-state index is 0. The molecule has 4 heteroatoms. The van der Waals surface area contributed by atoms with Crippen LogP contribution >= 0.6 is 33.0 Å². The van der Waals surface area contributed by atoms with E-state index in [4.69, 9.17) is 0 Å². The Morgan fingerprint density at radius 3 is 1.85 bits per heavy atom. The van der Waals surface area contributed by atoms with Crippen LogP contribution < -0.4 is 0 Å². The molecule has 0 atom stereocenters. The Hall–Kier alpha value is -0.486. The van der Waals surface area contributed by atoms with E-state index in [1.165, 1.54) is 29.9 Å². The van der Waals surface area contributed by atoms with E-state index in [0.717, 1.165) is 0 Å². The van der Waals surface area contributed by atoms with E-state index in [1.807, 2.05) is 0 Å². The zero-order valence-electron chi connectivity index (χ0n) is 10.7. The van der Waals surface area contributed by atoms with E-state index in [9.17, 15) is 0 Å². The third-order valence-corrected chi connectivity index (χ3v) is 4.08. The molecule has 0 N–H and O–H groups in total. The van der Waals surface area contributed by atoms with Crippen LogP contribution in [0.4, 0.5) is 0 Å². The van der Waals surface area contributed by atoms with Gasteiger partial charge in [0.15, 0.2) is 0 Å². The van der Waals surface area contributed by atoms with Crippen LogP contribution in [0.1, 0.15) is 0 Å². The Balaban J connectivity index is 0.00000120. The SMILES string of the molecule is Cl.Cl.[Ti].c1ccc(-c2cc[c-](-c3ccccc3)p2)cc1. The maximum atomic E-state index is 2.22. The molecule has 0 fully saturated rings. The van der Waals surface area contributed by atoms with E-state index in [0.29, 0.717) is 0 Å². The van der Waals surface area contributed by atoms with E-state index in [-0.39, 0.29) is 46.5 Å². The minimum absolute atomic E-state index is 0. The van der Waals surface area contributed by atoms with E-state index in [2.05, 4.69) is 72.8 Å². The summed E-state index contributed by atoms with van der Waals surface area (Å²) in [4.78, 5) is 0. The molecule has 1 heterocycles. The van der Waals surface area contributed by atoms with Gasteiger partial charge in [-0.1, -0.05) is 64.7 Å². The van der Waals surface area contributed by atoms with Crippen molar-refractivity contribution in [2.24, 2.45) is 0 Å². The maximum Gasteiger partial charge on any atom is 0 e. The van der Waals surface area contributed by atoms with Crippen molar-refractivity contribution < 1.29 is 21.7 Å². The van der Waals surface area contributed by atoms with Crippen molar-refractivity contribution in [1.29, 1.82) is 0 Å². The van der Waals surface area contributed by atoms with Gasteiger partial charge in [0.05, 0.1) is 0 Å². The second-order valence-corrected chi connectivity index (χ2v) is 5.13. The molecule has 0 aliphatic rings. The largest absolute Gasteiger partial charge is 0.152 e. The number of halogens is 2. The van der Waals surface area contributed by atoms with Gasteiger partial charge in [-0.15, -0.1) is 54.6 Å². The molecule has 3 aromatic rings. The minimum Gasteiger partial charge on any atom is -0.152 e. The number of benzene rings is 2. The van der Waals surface area contributed by atoms with Crippen LogP contribution in [0.5, 0.6) is 0 Å². The fourth-order valence-corrected chi connectivity index (χ4v) is 3.02. The number of rotatable bonds is 2. The Morgan fingerprint density at radius 1 is 0.700 bits per heavy atom. The van der Waals surface area contributed by atoms with Crippen LogP contribution in [0.3, 0.4) is 0 Å². The van der Waals surface area contributed by atoms with Crippen molar-refractivity contribution >= 4 is 33.0 Å². The second-order valence-electron chi connectivity index (χ2n) is 3.95. The predicted octanol–water partition coefficient (Wildman–Crippen LogP) is 6.16. The molecule has 0 spiro atoms. The molecule has 0 aliphatic carbocycles. The molecule has 0 saturated heterocycles. The number of hydrogen-bond acceptors (Lipinski definition) is 0. The Labute approximate surface area is 148 Å². The van der Waals surface area contributed by atoms with Crippen molar-refractivity contribution in [2.75, 3.05) is 0 Å². The van der Waals surface area contributed by atoms with Gasteiger partial charge in [0.25, 0.3) is 0 Å². The summed E-state index contributed by atoms with van der Waals surface area (Å²) in [6, 6.07) is 25.6. The summed E-state index contributed by atoms with van der Waals surface area (Å²) in [5.41, 5.74) is 2.63. The standard InChI is InChI=1S/C16H12P.2ClH.Ti/c1-3-7-13(8-4-1)15-11-12-16(17-15)14-9-5-2-6-10-14;;;/h1-12H;2*1H;/q-1;;;. The molecule has 0 nitrogen and oxygen atoms in total. The first-order valence-electron chi connectivity index (χ1n) is 5.68. The van der Waals surface area contributed by atoms with Crippen LogP contribution in [0.25, 0.3) is 21.7 Å². The van der Waals surface area contributed by atoms with Gasteiger partial charge in [-0.25, -0.2) is 0 Å². The first-order valence-corrected chi connectivity index (χ1v) is 6.57. The molecule has 0 aliphatic heterocycles. The van der Waals surface area contributed by atoms with Crippen molar-refractivity contribution in [3.8, 4) is 21.7 Å². The maximum absolute atomic E-state index is 2.22. The molecule has 3 rings (SSSR count). The normalized spacial score (nSPS) is 9.20. The van der Waals surface area contributed by atoms with Crippen molar-refractivity contribution in [1.82, 2.24) is 0 Å². The van der Waals surface area contributed by atoms with Gasteiger partial charge in [0.2, 0.25) is 0 Å². The molecule has 0 radical (unpaired) electrons. The van der Waals surface area contributed by atoms with Gasteiger partial charge < -0.3 is 0 Å². The summed E-state index contributed by atoms with van der Waals surface area (Å²) >= 11 is 0. The zero-order chi connectivity index (χ0) is 11.5. The molecular formula is C16H14Cl2PTi-. The van der Waals surface area contributed by atoms with Gasteiger partial charge in [-0.3, -0.25) is 0 Å². The summed E-state index contributed by atoms with van der Waals surface area (Å²) in [6.07, 6.45) is 0. The average Bonchev–Trinajstić information content (AvgIpc) is 2.90. The van der Waals surface area contributed by atoms with Gasteiger partial charge >= 0.3 is 0 Å². The molecule has 1 aromatic heterocycles. The molecule has 0 amide bonds. The molecule has 102 valence electrons. The van der Waals surface area contributed by atoms with Crippen molar-refractivity contribution in [3.63, 3.8) is 0 Å². The molecule has 0 bridgehead atoms. The van der Waals surface area contributed by atoms with E-state index < -0.39 is 0 Å². The van der Waals surface area contributed by atoms with Gasteiger partial charge in [-0.2, -0.15) is 8.19 Å². The van der Waals surface area contributed by atoms with Crippen molar-refractivity contribution in [2.45, 2.75) is 0 Å². The second kappa shape index (κ2) is 9.45. The average molecular weight is 356 g/mol. The number of hydrogen-bond donors (Lipinski definition) is 0. The fourth-order valence-electron chi connectivity index (χ4n) is 1.90. The van der Waals surface area contributed by atoms with Crippen LogP contribution in [0.2, 0.25) is 0 Å². The van der Waals surface area contributed by atoms with E-state index >= 15 is 0 Å². The summed E-state index contributed by atoms with van der Waals surface area (Å²) < 4.78 is 0. The third kappa shape index (κ3) is 4.52. The Bertz CT molecular complexity index is 555. The molecule has 0 saturated carbocycles. The summed E-state index contributed by atoms with van der Waals surface area (Å²) in [5.74, 6) is 0. The van der Waals surface area contributed by atoms with Crippen LogP contribution in [0, 0.1) is 0 Å². The molecule has 0 unspecified atom stereocenters. The van der Waals surface area contributed by atoms with Crippen LogP contribution in [-0.2, 0) is 21.7 Å². The molecular weight excluding hydrogens is 342 g/mol. The van der Waals surface area contributed by atoms with Crippen molar-refractivity contribution in [3.05, 3.63) is 72.8 Å². The van der Waals surface area contributed by atoms with E-state index in [1.54, 1.807) is 0 Å². The fraction of sp³-hybridized carbons (Fsp3) is 0. The smallest absolute Gasteiger partial charge is 0 e. The molecule has 2 aromatic carbocycles. The first kappa shape index (κ1) is 19.5. The van der Waals surface area contributed by atoms with Crippen LogP contribution in [0.15, 0.2) is 72.8 Å².